The van der Waals surface area contributed by atoms with Crippen LogP contribution >= 0.6 is 11.8 Å². The van der Waals surface area contributed by atoms with Crippen LogP contribution in [0.4, 0.5) is 10.5 Å². The van der Waals surface area contributed by atoms with Gasteiger partial charge in [-0.25, -0.2) is 0 Å². The molecular formula is C21H20N2O6S. The molecule has 0 bridgehead atoms. The van der Waals surface area contributed by atoms with Crippen molar-refractivity contribution in [2.24, 2.45) is 0 Å². The van der Waals surface area contributed by atoms with E-state index in [0.29, 0.717) is 40.0 Å². The summed E-state index contributed by atoms with van der Waals surface area (Å²) in [5, 5.41) is 4.55. The molecule has 156 valence electrons. The molecular weight excluding hydrogens is 408 g/mol. The third-order valence-electron chi connectivity index (χ3n) is 3.95. The molecule has 0 radical (unpaired) electrons. The Hall–Kier alpha value is -3.46. The second-order valence-corrected chi connectivity index (χ2v) is 7.04. The number of para-hydroxylation sites is 2. The normalized spacial score (nSPS) is 14.4. The summed E-state index contributed by atoms with van der Waals surface area (Å²) in [4.78, 5) is 35.5. The summed E-state index contributed by atoms with van der Waals surface area (Å²) >= 11 is 0.832. The van der Waals surface area contributed by atoms with Crippen LogP contribution < -0.4 is 24.8 Å². The molecule has 9 heteroatoms. The van der Waals surface area contributed by atoms with Crippen LogP contribution in [0.15, 0.2) is 47.4 Å². The first-order valence-corrected chi connectivity index (χ1v) is 9.89. The van der Waals surface area contributed by atoms with E-state index in [-0.39, 0.29) is 12.5 Å². The fourth-order valence-corrected chi connectivity index (χ4v) is 3.33. The predicted octanol–water partition coefficient (Wildman–Crippen LogP) is 3.44. The first-order valence-electron chi connectivity index (χ1n) is 9.07. The van der Waals surface area contributed by atoms with E-state index in [1.165, 1.54) is 7.11 Å². The van der Waals surface area contributed by atoms with Gasteiger partial charge in [0.1, 0.15) is 5.75 Å². The fraction of sp³-hybridized carbons (Fsp3) is 0.190. The zero-order valence-corrected chi connectivity index (χ0v) is 17.2. The SMILES string of the molecule is CCOc1ccccc1NC(=O)COc1ccc(/C=C2\SC(=O)NC2=O)cc1OC. The highest BCUT2D eigenvalue weighted by molar-refractivity contribution is 8.18. The van der Waals surface area contributed by atoms with Crippen molar-refractivity contribution >= 4 is 40.6 Å². The number of methoxy groups -OCH3 is 1. The number of hydrogen-bond donors (Lipinski definition) is 2. The number of anilines is 1. The van der Waals surface area contributed by atoms with Crippen LogP contribution in [0.5, 0.6) is 17.2 Å². The van der Waals surface area contributed by atoms with Crippen molar-refractivity contribution in [1.82, 2.24) is 5.32 Å². The number of carbonyl (C=O) groups excluding carboxylic acids is 3. The summed E-state index contributed by atoms with van der Waals surface area (Å²) in [5.74, 6) is 0.547. The minimum Gasteiger partial charge on any atom is -0.493 e. The standard InChI is InChI=1S/C21H20N2O6S/c1-3-28-15-7-5-4-6-14(15)22-19(24)12-29-16-9-8-13(10-17(16)27-2)11-18-20(25)23-21(26)30-18/h4-11H,3,12H2,1-2H3,(H,22,24)(H,23,25,26)/b18-11-. The number of imide groups is 1. The summed E-state index contributed by atoms with van der Waals surface area (Å²) in [6, 6.07) is 12.1. The number of carbonyl (C=O) groups is 3. The lowest BCUT2D eigenvalue weighted by atomic mass is 10.2. The van der Waals surface area contributed by atoms with E-state index in [9.17, 15) is 14.4 Å². The number of nitrogens with one attached hydrogen (secondary N) is 2. The molecule has 0 unspecified atom stereocenters. The van der Waals surface area contributed by atoms with E-state index in [2.05, 4.69) is 10.6 Å². The molecule has 0 aliphatic carbocycles. The summed E-state index contributed by atoms with van der Waals surface area (Å²) in [5.41, 5.74) is 1.21. The number of thioether (sulfide) groups is 1. The quantitative estimate of drug-likeness (QED) is 0.621. The predicted molar refractivity (Wildman–Crippen MR) is 114 cm³/mol. The number of benzene rings is 2. The van der Waals surface area contributed by atoms with Crippen molar-refractivity contribution in [3.05, 3.63) is 52.9 Å². The number of rotatable bonds is 8. The van der Waals surface area contributed by atoms with Crippen LogP contribution in [0.25, 0.3) is 6.08 Å². The van der Waals surface area contributed by atoms with Gasteiger partial charge in [-0.3, -0.25) is 19.7 Å². The van der Waals surface area contributed by atoms with Gasteiger partial charge in [-0.2, -0.15) is 0 Å². The number of amides is 3. The number of ether oxygens (including phenoxy) is 3. The van der Waals surface area contributed by atoms with E-state index in [0.717, 1.165) is 11.8 Å². The van der Waals surface area contributed by atoms with E-state index < -0.39 is 11.1 Å². The zero-order chi connectivity index (χ0) is 21.5. The minimum atomic E-state index is -0.437. The van der Waals surface area contributed by atoms with Gasteiger partial charge in [-0.15, -0.1) is 0 Å². The van der Waals surface area contributed by atoms with Crippen LogP contribution in [0.3, 0.4) is 0 Å². The van der Waals surface area contributed by atoms with Crippen molar-refractivity contribution < 1.29 is 28.6 Å². The topological polar surface area (TPSA) is 103 Å². The first-order chi connectivity index (χ1) is 14.5. The molecule has 0 aromatic heterocycles. The van der Waals surface area contributed by atoms with Crippen molar-refractivity contribution in [2.45, 2.75) is 6.92 Å². The molecule has 3 rings (SSSR count). The average Bonchev–Trinajstić information content (AvgIpc) is 3.05. The molecule has 1 aliphatic heterocycles. The molecule has 1 heterocycles. The molecule has 1 saturated heterocycles. The van der Waals surface area contributed by atoms with Gasteiger partial charge in [-0.05, 0) is 54.6 Å². The molecule has 2 aromatic rings. The third kappa shape index (κ3) is 5.32. The van der Waals surface area contributed by atoms with Crippen LogP contribution in [-0.4, -0.2) is 37.4 Å². The summed E-state index contributed by atoms with van der Waals surface area (Å²) in [6.07, 6.45) is 1.58. The smallest absolute Gasteiger partial charge is 0.290 e. The maximum atomic E-state index is 12.3. The summed E-state index contributed by atoms with van der Waals surface area (Å²) in [6.45, 7) is 2.12. The fourth-order valence-electron chi connectivity index (χ4n) is 2.65. The monoisotopic (exact) mass is 428 g/mol. The van der Waals surface area contributed by atoms with Gasteiger partial charge >= 0.3 is 0 Å². The Morgan fingerprint density at radius 2 is 1.90 bits per heavy atom. The van der Waals surface area contributed by atoms with Crippen molar-refractivity contribution in [1.29, 1.82) is 0 Å². The molecule has 8 nitrogen and oxygen atoms in total. The second-order valence-electron chi connectivity index (χ2n) is 6.03. The Bertz CT molecular complexity index is 1000. The van der Waals surface area contributed by atoms with Crippen LogP contribution in [0.2, 0.25) is 0 Å². The lowest BCUT2D eigenvalue weighted by Crippen LogP contribution is -2.20. The lowest BCUT2D eigenvalue weighted by Gasteiger charge is -2.13. The van der Waals surface area contributed by atoms with Crippen molar-refractivity contribution in [3.8, 4) is 17.2 Å². The molecule has 0 spiro atoms. The molecule has 2 N–H and O–H groups in total. The molecule has 30 heavy (non-hydrogen) atoms. The van der Waals surface area contributed by atoms with Gasteiger partial charge in [0.25, 0.3) is 17.1 Å². The van der Waals surface area contributed by atoms with Gasteiger partial charge < -0.3 is 19.5 Å². The van der Waals surface area contributed by atoms with Crippen molar-refractivity contribution in [3.63, 3.8) is 0 Å². The van der Waals surface area contributed by atoms with E-state index in [1.807, 2.05) is 13.0 Å². The highest BCUT2D eigenvalue weighted by Crippen LogP contribution is 2.31. The molecule has 1 fully saturated rings. The Morgan fingerprint density at radius 3 is 2.60 bits per heavy atom. The van der Waals surface area contributed by atoms with Gasteiger partial charge in [0.15, 0.2) is 18.1 Å². The van der Waals surface area contributed by atoms with E-state index in [1.54, 1.807) is 42.5 Å². The van der Waals surface area contributed by atoms with Crippen LogP contribution in [0.1, 0.15) is 12.5 Å². The molecule has 1 aliphatic rings. The van der Waals surface area contributed by atoms with Gasteiger partial charge in [0, 0.05) is 0 Å². The van der Waals surface area contributed by atoms with Crippen molar-refractivity contribution in [2.75, 3.05) is 25.6 Å². The molecule has 2 aromatic carbocycles. The Balaban J connectivity index is 1.65. The largest absolute Gasteiger partial charge is 0.493 e. The van der Waals surface area contributed by atoms with Crippen LogP contribution in [-0.2, 0) is 9.59 Å². The molecule has 3 amide bonds. The van der Waals surface area contributed by atoms with Crippen LogP contribution in [0, 0.1) is 0 Å². The first kappa shape index (κ1) is 21.3. The third-order valence-corrected chi connectivity index (χ3v) is 4.76. The summed E-state index contributed by atoms with van der Waals surface area (Å²) in [7, 11) is 1.47. The number of hydrogen-bond acceptors (Lipinski definition) is 7. The maximum Gasteiger partial charge on any atom is 0.290 e. The van der Waals surface area contributed by atoms with E-state index in [4.69, 9.17) is 14.2 Å². The summed E-state index contributed by atoms with van der Waals surface area (Å²) < 4.78 is 16.4. The lowest BCUT2D eigenvalue weighted by molar-refractivity contribution is -0.118. The van der Waals surface area contributed by atoms with E-state index >= 15 is 0 Å². The average molecular weight is 428 g/mol. The highest BCUT2D eigenvalue weighted by Gasteiger charge is 2.25. The Labute approximate surface area is 177 Å². The zero-order valence-electron chi connectivity index (χ0n) is 16.4. The van der Waals surface area contributed by atoms with Gasteiger partial charge in [-0.1, -0.05) is 18.2 Å². The van der Waals surface area contributed by atoms with Gasteiger partial charge in [0.05, 0.1) is 24.3 Å². The minimum absolute atomic E-state index is 0.232. The Kier molecular flexibility index (Phi) is 6.97. The Morgan fingerprint density at radius 1 is 1.10 bits per heavy atom. The second kappa shape index (κ2) is 9.84. The van der Waals surface area contributed by atoms with Gasteiger partial charge in [0.2, 0.25) is 0 Å². The molecule has 0 atom stereocenters. The molecule has 0 saturated carbocycles. The maximum absolute atomic E-state index is 12.3. The highest BCUT2D eigenvalue weighted by atomic mass is 32.2.